The molecule has 0 spiro atoms. The van der Waals surface area contributed by atoms with Gasteiger partial charge in [-0.05, 0) is 0 Å². The van der Waals surface area contributed by atoms with Gasteiger partial charge in [0.05, 0.1) is 0 Å². The fourth-order valence-electron chi connectivity index (χ4n) is 0. The third-order valence-electron chi connectivity index (χ3n) is 0. The number of rotatable bonds is 0. The minimum absolute atomic E-state index is 0. The van der Waals surface area contributed by atoms with Gasteiger partial charge in [0.1, 0.15) is 0 Å². The van der Waals surface area contributed by atoms with E-state index in [1.807, 2.05) is 0 Å². The van der Waals surface area contributed by atoms with E-state index in [9.17, 15) is 0 Å². The van der Waals surface area contributed by atoms with Crippen LogP contribution in [0.15, 0.2) is 0 Å². The van der Waals surface area contributed by atoms with Gasteiger partial charge in [-0.1, -0.05) is 0 Å². The summed E-state index contributed by atoms with van der Waals surface area (Å²) >= 11 is 0. The predicted octanol–water partition coefficient (Wildman–Crippen LogP) is -5.50. The molecule has 0 aliphatic rings. The molecule has 0 bridgehead atoms. The fraction of sp³-hybridized carbons (Fsp3) is 0. The topological polar surface area (TPSA) is 124 Å². The summed E-state index contributed by atoms with van der Waals surface area (Å²) in [5.41, 5.74) is 0. The summed E-state index contributed by atoms with van der Waals surface area (Å²) < 4.78 is 17.1. The zero-order valence-corrected chi connectivity index (χ0v) is 7.22. The van der Waals surface area contributed by atoms with Crippen molar-refractivity contribution < 1.29 is 28.1 Å². The maximum absolute atomic E-state index is 8.63. The van der Waals surface area contributed by atoms with Crippen molar-refractivity contribution in [1.29, 1.82) is 0 Å². The first-order valence-electron chi connectivity index (χ1n) is 1.24. The second kappa shape index (κ2) is 10.7. The van der Waals surface area contributed by atoms with Gasteiger partial charge in [-0.25, -0.2) is 0 Å². The van der Waals surface area contributed by atoms with E-state index < -0.39 is 18.3 Å². The Balaban J connectivity index is -0.0000000720. The summed E-state index contributed by atoms with van der Waals surface area (Å²) in [6.45, 7) is 0. The Labute approximate surface area is 64.3 Å². The second-order valence-corrected chi connectivity index (χ2v) is 1.55. The van der Waals surface area contributed by atoms with Crippen LogP contribution in [-0.2, 0) is 8.92 Å². The van der Waals surface area contributed by atoms with Crippen molar-refractivity contribution in [2.75, 3.05) is 0 Å². The van der Waals surface area contributed by atoms with Crippen molar-refractivity contribution in [2.24, 2.45) is 0 Å². The van der Waals surface area contributed by atoms with E-state index in [1.54, 1.807) is 0 Å². The molecule has 0 aromatic carbocycles. The van der Waals surface area contributed by atoms with Crippen molar-refractivity contribution >= 4 is 35.7 Å². The molecule has 1 N–H and O–H groups in total. The van der Waals surface area contributed by atoms with Crippen molar-refractivity contribution in [3.05, 3.63) is 0 Å². The van der Waals surface area contributed by atoms with E-state index in [4.69, 9.17) is 28.1 Å². The molecule has 0 unspecified atom stereocenters. The molecule has 0 aliphatic heterocycles. The predicted molar refractivity (Wildman–Crippen MR) is 20.9 cm³/mol. The molecule has 0 atom stereocenters. The molecule has 0 rings (SSSR count). The molecule has 9 heavy (non-hydrogen) atoms. The van der Waals surface area contributed by atoms with Crippen molar-refractivity contribution in [2.45, 2.75) is 0 Å². The maximum Gasteiger partial charge on any atom is 3.00 e. The first-order chi connectivity index (χ1) is 3.46. The first kappa shape index (κ1) is 15.9. The average molecular weight is 180 g/mol. The van der Waals surface area contributed by atoms with Gasteiger partial charge in [-0.2, -0.15) is 0 Å². The second-order valence-electron chi connectivity index (χ2n) is 0.516. The molecular formula is HAlO6Si2. The quantitative estimate of drug-likeness (QED) is 0.371. The van der Waals surface area contributed by atoms with Crippen LogP contribution in [0.3, 0.4) is 0 Å². The Kier molecular flexibility index (Phi) is 18.9. The maximum atomic E-state index is 8.63. The standard InChI is InChI=1S/Al.HO3Si.O3Si/c;2*1-4(2)3/h;1H;/q+3;-1;-2. The van der Waals surface area contributed by atoms with Crippen LogP contribution >= 0.6 is 0 Å². The Bertz CT molecular complexity index is 69.1. The van der Waals surface area contributed by atoms with E-state index in [0.717, 1.165) is 0 Å². The van der Waals surface area contributed by atoms with E-state index >= 15 is 0 Å². The van der Waals surface area contributed by atoms with E-state index in [1.165, 1.54) is 0 Å². The molecule has 0 saturated carbocycles. The molecule has 48 valence electrons. The van der Waals surface area contributed by atoms with Gasteiger partial charge in [-0.15, -0.1) is 0 Å². The van der Waals surface area contributed by atoms with Crippen molar-refractivity contribution in [3.63, 3.8) is 0 Å². The van der Waals surface area contributed by atoms with Crippen LogP contribution < -0.4 is 14.4 Å². The summed E-state index contributed by atoms with van der Waals surface area (Å²) in [6.07, 6.45) is 0. The third kappa shape index (κ3) is 4730. The van der Waals surface area contributed by atoms with Gasteiger partial charge in [0, 0.05) is 9.17 Å². The molecule has 6 nitrogen and oxygen atoms in total. The summed E-state index contributed by atoms with van der Waals surface area (Å²) in [5.74, 6) is 0. The number of hydrogen-bond donors (Lipinski definition) is 1. The zero-order chi connectivity index (χ0) is 7.15. The minimum Gasteiger partial charge on any atom is -0.672 e. The summed E-state index contributed by atoms with van der Waals surface area (Å²) in [6, 6.07) is 0. The Hall–Kier alpha value is -0.234. The average Bonchev–Trinajstić information content (AvgIpc) is 1.25. The third-order valence-corrected chi connectivity index (χ3v) is 0. The molecule has 0 aromatic heterocycles. The van der Waals surface area contributed by atoms with Gasteiger partial charge in [-0.3, -0.25) is 0 Å². The molecule has 0 aromatic rings. The molecule has 0 aliphatic carbocycles. The van der Waals surface area contributed by atoms with Crippen LogP contribution in [0.4, 0.5) is 0 Å². The zero-order valence-electron chi connectivity index (χ0n) is 4.07. The normalized spacial score (nSPS) is 5.33. The van der Waals surface area contributed by atoms with Gasteiger partial charge in [0.15, 0.2) is 0 Å². The van der Waals surface area contributed by atoms with Crippen LogP contribution in [0.1, 0.15) is 0 Å². The van der Waals surface area contributed by atoms with Crippen LogP contribution in [0, 0.1) is 0 Å². The number of hydrogen-bond acceptors (Lipinski definition) is 5. The molecule has 9 heteroatoms. The summed E-state index contributed by atoms with van der Waals surface area (Å²) in [7, 11) is -7.01. The first-order valence-corrected chi connectivity index (χ1v) is 3.73. The minimum atomic E-state index is -3.63. The fourth-order valence-corrected chi connectivity index (χ4v) is 0. The Morgan fingerprint density at radius 2 is 1.11 bits per heavy atom. The Morgan fingerprint density at radius 1 is 1.11 bits per heavy atom. The SMILES string of the molecule is O=[Si]([O-])O.O=[Si]([O-])[O-].[Al+3]. The van der Waals surface area contributed by atoms with Crippen LogP contribution in [0.25, 0.3) is 0 Å². The summed E-state index contributed by atoms with van der Waals surface area (Å²) in [4.78, 5) is 32.7. The summed E-state index contributed by atoms with van der Waals surface area (Å²) in [5, 5.41) is 0. The van der Waals surface area contributed by atoms with Crippen molar-refractivity contribution in [3.8, 4) is 0 Å². The van der Waals surface area contributed by atoms with E-state index in [2.05, 4.69) is 0 Å². The molecule has 0 heterocycles. The van der Waals surface area contributed by atoms with Gasteiger partial charge >= 0.3 is 26.5 Å². The largest absolute Gasteiger partial charge is 3.00 e. The van der Waals surface area contributed by atoms with Crippen LogP contribution in [0.5, 0.6) is 0 Å². The monoisotopic (exact) mass is 180 g/mol. The molecule has 0 radical (unpaired) electrons. The Morgan fingerprint density at radius 3 is 1.11 bits per heavy atom. The van der Waals surface area contributed by atoms with Crippen molar-refractivity contribution in [1.82, 2.24) is 0 Å². The van der Waals surface area contributed by atoms with E-state index in [0.29, 0.717) is 0 Å². The molecule has 0 fully saturated rings. The van der Waals surface area contributed by atoms with E-state index in [-0.39, 0.29) is 17.4 Å². The smallest absolute Gasteiger partial charge is 0.672 e. The van der Waals surface area contributed by atoms with Gasteiger partial charge < -0.3 is 28.1 Å². The van der Waals surface area contributed by atoms with Crippen LogP contribution in [-0.4, -0.2) is 40.5 Å². The molecule has 0 amide bonds. The van der Waals surface area contributed by atoms with Gasteiger partial charge in [0.25, 0.3) is 0 Å². The van der Waals surface area contributed by atoms with Gasteiger partial charge in [0.2, 0.25) is 0 Å². The molecular weight excluding hydrogens is 179 g/mol. The van der Waals surface area contributed by atoms with Crippen LogP contribution in [0.2, 0.25) is 0 Å². The molecule has 0 saturated heterocycles.